The summed E-state index contributed by atoms with van der Waals surface area (Å²) in [5.74, 6) is -0.362. The van der Waals surface area contributed by atoms with Crippen molar-refractivity contribution < 1.29 is 18.0 Å². The second kappa shape index (κ2) is 10.1. The Hall–Kier alpha value is -3.96. The van der Waals surface area contributed by atoms with Gasteiger partial charge in [-0.1, -0.05) is 36.4 Å². The molecule has 0 spiro atoms. The molecule has 1 fully saturated rings. The van der Waals surface area contributed by atoms with Crippen LogP contribution in [0.15, 0.2) is 83.8 Å². The van der Waals surface area contributed by atoms with Gasteiger partial charge in [-0.15, -0.1) is 0 Å². The van der Waals surface area contributed by atoms with Crippen LogP contribution in [0.5, 0.6) is 0 Å². The van der Waals surface area contributed by atoms with Gasteiger partial charge in [0.1, 0.15) is 6.04 Å². The van der Waals surface area contributed by atoms with Crippen LogP contribution < -0.4 is 10.2 Å². The molecule has 1 unspecified atom stereocenters. The lowest BCUT2D eigenvalue weighted by atomic mass is 10.1. The Morgan fingerprint density at radius 2 is 1.69 bits per heavy atom. The standard InChI is InChI=1S/C27H25N3O4S/c1-19(31)30(23-12-14-25(15-13-23)35(33,34)18-20-10-11-20)24-9-5-8-22(16-24)27(32)29-26(17-28)21-6-3-2-4-7-21/h2-9,12-16,20,26H,10-11,18H2,1H3,(H,29,32). The normalized spacial score (nSPS) is 13.9. The lowest BCUT2D eigenvalue weighted by molar-refractivity contribution is -0.115. The van der Waals surface area contributed by atoms with Crippen LogP contribution in [0.3, 0.4) is 0 Å². The third-order valence-electron chi connectivity index (χ3n) is 5.82. The van der Waals surface area contributed by atoms with E-state index >= 15 is 0 Å². The molecule has 0 aliphatic heterocycles. The zero-order valence-corrected chi connectivity index (χ0v) is 20.0. The molecule has 2 amide bonds. The second-order valence-electron chi connectivity index (χ2n) is 8.57. The van der Waals surface area contributed by atoms with Crippen molar-refractivity contribution in [2.24, 2.45) is 5.92 Å². The Balaban J connectivity index is 1.56. The van der Waals surface area contributed by atoms with E-state index in [0.717, 1.165) is 12.8 Å². The first-order chi connectivity index (χ1) is 16.8. The van der Waals surface area contributed by atoms with Crippen LogP contribution in [0.1, 0.15) is 41.7 Å². The fourth-order valence-corrected chi connectivity index (χ4v) is 5.54. The molecule has 178 valence electrons. The van der Waals surface area contributed by atoms with E-state index in [2.05, 4.69) is 11.4 Å². The Morgan fingerprint density at radius 1 is 1.00 bits per heavy atom. The molecule has 0 aromatic heterocycles. The van der Waals surface area contributed by atoms with E-state index in [-0.39, 0.29) is 28.0 Å². The largest absolute Gasteiger partial charge is 0.332 e. The van der Waals surface area contributed by atoms with E-state index in [1.807, 2.05) is 6.07 Å². The Morgan fingerprint density at radius 3 is 2.29 bits per heavy atom. The van der Waals surface area contributed by atoms with E-state index in [1.165, 1.54) is 24.0 Å². The highest BCUT2D eigenvalue weighted by molar-refractivity contribution is 7.91. The van der Waals surface area contributed by atoms with Gasteiger partial charge in [-0.3, -0.25) is 14.5 Å². The molecular formula is C27H25N3O4S. The summed E-state index contributed by atoms with van der Waals surface area (Å²) in [7, 11) is -3.36. The number of benzene rings is 3. The lowest BCUT2D eigenvalue weighted by Crippen LogP contribution is -2.28. The number of hydrogen-bond acceptors (Lipinski definition) is 5. The highest BCUT2D eigenvalue weighted by atomic mass is 32.2. The van der Waals surface area contributed by atoms with E-state index in [4.69, 9.17) is 0 Å². The third kappa shape index (κ3) is 5.76. The van der Waals surface area contributed by atoms with Crippen molar-refractivity contribution in [3.05, 3.63) is 90.0 Å². The number of hydrogen-bond donors (Lipinski definition) is 1. The smallest absolute Gasteiger partial charge is 0.252 e. The molecule has 0 saturated heterocycles. The molecule has 0 heterocycles. The van der Waals surface area contributed by atoms with Crippen molar-refractivity contribution >= 4 is 33.0 Å². The predicted molar refractivity (Wildman–Crippen MR) is 133 cm³/mol. The van der Waals surface area contributed by atoms with Crippen molar-refractivity contribution in [2.75, 3.05) is 10.7 Å². The summed E-state index contributed by atoms with van der Waals surface area (Å²) in [5, 5.41) is 12.2. The number of nitrogens with zero attached hydrogens (tertiary/aromatic N) is 2. The molecule has 4 rings (SSSR count). The molecule has 35 heavy (non-hydrogen) atoms. The van der Waals surface area contributed by atoms with Crippen LogP contribution in [0.4, 0.5) is 11.4 Å². The molecule has 3 aromatic carbocycles. The minimum Gasteiger partial charge on any atom is -0.332 e. The van der Waals surface area contributed by atoms with Crippen molar-refractivity contribution in [3.63, 3.8) is 0 Å². The van der Waals surface area contributed by atoms with Gasteiger partial charge < -0.3 is 5.32 Å². The molecule has 1 aliphatic rings. The van der Waals surface area contributed by atoms with E-state index < -0.39 is 21.8 Å². The zero-order valence-electron chi connectivity index (χ0n) is 19.2. The molecule has 0 bridgehead atoms. The summed E-state index contributed by atoms with van der Waals surface area (Å²) in [6, 6.07) is 22.9. The first-order valence-corrected chi connectivity index (χ1v) is 12.9. The summed E-state index contributed by atoms with van der Waals surface area (Å²) in [4.78, 5) is 27.1. The average Bonchev–Trinajstić information content (AvgIpc) is 3.66. The molecule has 1 N–H and O–H groups in total. The molecule has 1 aliphatic carbocycles. The maximum Gasteiger partial charge on any atom is 0.252 e. The minimum absolute atomic E-state index is 0.145. The summed E-state index contributed by atoms with van der Waals surface area (Å²) >= 11 is 0. The first kappa shape index (κ1) is 24.2. The van der Waals surface area contributed by atoms with Crippen LogP contribution in [0, 0.1) is 17.2 Å². The van der Waals surface area contributed by atoms with Crippen molar-refractivity contribution in [1.29, 1.82) is 5.26 Å². The quantitative estimate of drug-likeness (QED) is 0.502. The van der Waals surface area contributed by atoms with Crippen LogP contribution in [-0.4, -0.2) is 26.0 Å². The SMILES string of the molecule is CC(=O)N(c1ccc(S(=O)(=O)CC2CC2)cc1)c1cccc(C(=O)NC(C#N)c2ccccc2)c1. The molecule has 0 radical (unpaired) electrons. The van der Waals surface area contributed by atoms with E-state index in [1.54, 1.807) is 60.7 Å². The van der Waals surface area contributed by atoms with Gasteiger partial charge in [0.05, 0.1) is 16.7 Å². The predicted octanol–water partition coefficient (Wildman–Crippen LogP) is 4.55. The van der Waals surface area contributed by atoms with Crippen molar-refractivity contribution in [1.82, 2.24) is 5.32 Å². The van der Waals surface area contributed by atoms with Crippen LogP contribution in [-0.2, 0) is 14.6 Å². The van der Waals surface area contributed by atoms with Crippen LogP contribution in [0.25, 0.3) is 0 Å². The van der Waals surface area contributed by atoms with Crippen molar-refractivity contribution in [3.8, 4) is 6.07 Å². The highest BCUT2D eigenvalue weighted by Crippen LogP contribution is 2.33. The summed E-state index contributed by atoms with van der Waals surface area (Å²) in [6.45, 7) is 1.39. The maximum atomic E-state index is 12.9. The monoisotopic (exact) mass is 487 g/mol. The second-order valence-corrected chi connectivity index (χ2v) is 10.6. The van der Waals surface area contributed by atoms with Gasteiger partial charge in [-0.25, -0.2) is 8.42 Å². The van der Waals surface area contributed by atoms with Gasteiger partial charge >= 0.3 is 0 Å². The van der Waals surface area contributed by atoms with Crippen molar-refractivity contribution in [2.45, 2.75) is 30.7 Å². The van der Waals surface area contributed by atoms with Crippen LogP contribution >= 0.6 is 0 Å². The average molecular weight is 488 g/mol. The summed E-state index contributed by atoms with van der Waals surface area (Å²) in [6.07, 6.45) is 1.89. The lowest BCUT2D eigenvalue weighted by Gasteiger charge is -2.22. The molecule has 8 heteroatoms. The highest BCUT2D eigenvalue weighted by Gasteiger charge is 2.29. The Bertz CT molecular complexity index is 1380. The fraction of sp³-hybridized carbons (Fsp3) is 0.222. The Labute approximate surface area is 204 Å². The van der Waals surface area contributed by atoms with Gasteiger partial charge in [0.2, 0.25) is 5.91 Å². The minimum atomic E-state index is -3.36. The van der Waals surface area contributed by atoms with Gasteiger partial charge in [0.15, 0.2) is 9.84 Å². The molecular weight excluding hydrogens is 462 g/mol. The zero-order chi connectivity index (χ0) is 25.0. The van der Waals surface area contributed by atoms with E-state index in [9.17, 15) is 23.3 Å². The number of sulfone groups is 1. The van der Waals surface area contributed by atoms with E-state index in [0.29, 0.717) is 16.9 Å². The number of anilines is 2. The number of carbonyl (C=O) groups excluding carboxylic acids is 2. The summed E-state index contributed by atoms with van der Waals surface area (Å²) in [5.41, 5.74) is 1.89. The van der Waals surface area contributed by atoms with Gasteiger partial charge in [-0.2, -0.15) is 5.26 Å². The number of nitrogens with one attached hydrogen (secondary N) is 1. The number of carbonyl (C=O) groups is 2. The van der Waals surface area contributed by atoms with Gasteiger partial charge in [0, 0.05) is 23.9 Å². The molecule has 1 atom stereocenters. The molecule has 3 aromatic rings. The molecule has 7 nitrogen and oxygen atoms in total. The number of amides is 2. The summed E-state index contributed by atoms with van der Waals surface area (Å²) < 4.78 is 25.1. The first-order valence-electron chi connectivity index (χ1n) is 11.3. The number of nitriles is 1. The topological polar surface area (TPSA) is 107 Å². The van der Waals surface area contributed by atoms with Crippen LogP contribution in [0.2, 0.25) is 0 Å². The fourth-order valence-electron chi connectivity index (χ4n) is 3.84. The third-order valence-corrected chi connectivity index (χ3v) is 7.73. The molecule has 1 saturated carbocycles. The van der Waals surface area contributed by atoms with Gasteiger partial charge in [0.25, 0.3) is 5.91 Å². The van der Waals surface area contributed by atoms with Gasteiger partial charge in [-0.05, 0) is 66.8 Å². The Kier molecular flexibility index (Phi) is 6.99. The number of rotatable bonds is 8. The maximum absolute atomic E-state index is 12.9.